The molecule has 2 rings (SSSR count). The Morgan fingerprint density at radius 1 is 0.727 bits per heavy atom. The molecule has 0 aromatic heterocycles. The van der Waals surface area contributed by atoms with Gasteiger partial charge in [-0.3, -0.25) is 0 Å². The lowest BCUT2D eigenvalue weighted by molar-refractivity contribution is -0.187. The molecule has 0 aliphatic carbocycles. The molecule has 4 heteroatoms. The Kier molecular flexibility index (Phi) is 4.61. The van der Waals surface area contributed by atoms with Crippen molar-refractivity contribution in [2.45, 2.75) is 26.2 Å². The molecule has 4 nitrogen and oxygen atoms in total. The van der Waals surface area contributed by atoms with Crippen molar-refractivity contribution in [2.75, 3.05) is 0 Å². The summed E-state index contributed by atoms with van der Waals surface area (Å²) in [4.78, 5) is 32.6. The van der Waals surface area contributed by atoms with Gasteiger partial charge >= 0.3 is 11.9 Å². The van der Waals surface area contributed by atoms with Crippen LogP contribution in [0.3, 0.4) is 0 Å². The minimum Gasteiger partial charge on any atom is -0.242 e. The van der Waals surface area contributed by atoms with Crippen LogP contribution in [0.4, 0.5) is 0 Å². The van der Waals surface area contributed by atoms with Gasteiger partial charge in [0, 0.05) is 0 Å². The number of carbonyl (C=O) groups is 2. The molecular weight excluding hydrogens is 280 g/mol. The van der Waals surface area contributed by atoms with Crippen LogP contribution in [0, 0.1) is 0 Å². The summed E-state index contributed by atoms with van der Waals surface area (Å²) < 4.78 is 0. The number of hydrogen-bond donors (Lipinski definition) is 0. The zero-order chi connectivity index (χ0) is 16.2. The average Bonchev–Trinajstić information content (AvgIpc) is 2.52. The summed E-state index contributed by atoms with van der Waals surface area (Å²) >= 11 is 0. The number of carbonyl (C=O) groups excluding carboxylic acids is 2. The lowest BCUT2D eigenvalue weighted by Gasteiger charge is -2.18. The zero-order valence-corrected chi connectivity index (χ0v) is 12.8. The minimum absolute atomic E-state index is 0.00219. The summed E-state index contributed by atoms with van der Waals surface area (Å²) in [7, 11) is 0. The van der Waals surface area contributed by atoms with Crippen molar-refractivity contribution in [2.24, 2.45) is 0 Å². The van der Waals surface area contributed by atoms with Crippen LogP contribution in [0.2, 0.25) is 0 Å². The average molecular weight is 298 g/mol. The van der Waals surface area contributed by atoms with Crippen LogP contribution in [0.25, 0.3) is 0 Å². The van der Waals surface area contributed by atoms with Gasteiger partial charge in [-0.25, -0.2) is 19.4 Å². The van der Waals surface area contributed by atoms with Crippen LogP contribution >= 0.6 is 0 Å². The second-order valence-electron chi connectivity index (χ2n) is 5.93. The Bertz CT molecular complexity index is 652. The van der Waals surface area contributed by atoms with Gasteiger partial charge in [0.15, 0.2) is 0 Å². The van der Waals surface area contributed by atoms with E-state index in [9.17, 15) is 9.59 Å². The molecule has 0 unspecified atom stereocenters. The summed E-state index contributed by atoms with van der Waals surface area (Å²) in [5.74, 6) is -1.41. The highest BCUT2D eigenvalue weighted by Gasteiger charge is 2.16. The van der Waals surface area contributed by atoms with Crippen molar-refractivity contribution in [1.82, 2.24) is 0 Å². The van der Waals surface area contributed by atoms with Gasteiger partial charge < -0.3 is 0 Å². The smallest absolute Gasteiger partial charge is 0.242 e. The van der Waals surface area contributed by atoms with Gasteiger partial charge in [-0.2, -0.15) is 0 Å². The zero-order valence-electron chi connectivity index (χ0n) is 12.8. The number of rotatable bonds is 2. The molecule has 2 aromatic rings. The topological polar surface area (TPSA) is 52.6 Å². The second kappa shape index (κ2) is 6.43. The molecule has 0 amide bonds. The van der Waals surface area contributed by atoms with E-state index in [1.165, 1.54) is 0 Å². The lowest BCUT2D eigenvalue weighted by atomic mass is 9.87. The molecule has 0 saturated heterocycles. The van der Waals surface area contributed by atoms with Crippen molar-refractivity contribution >= 4 is 11.9 Å². The van der Waals surface area contributed by atoms with Crippen molar-refractivity contribution < 1.29 is 19.4 Å². The predicted octanol–water partition coefficient (Wildman–Crippen LogP) is 3.91. The van der Waals surface area contributed by atoms with E-state index in [1.54, 1.807) is 42.5 Å². The first-order valence-electron chi connectivity index (χ1n) is 6.97. The van der Waals surface area contributed by atoms with Crippen LogP contribution in [-0.4, -0.2) is 11.9 Å². The summed E-state index contributed by atoms with van der Waals surface area (Å²) in [6, 6.07) is 15.3. The third-order valence-corrected chi connectivity index (χ3v) is 3.19. The molecule has 114 valence electrons. The lowest BCUT2D eigenvalue weighted by Crippen LogP contribution is -2.13. The standard InChI is InChI=1S/C18H18O4/c1-18(2,3)15-11-9-14(10-12-15)17(20)22-21-16(19)13-7-5-4-6-8-13/h4-12H,1-3H3. The monoisotopic (exact) mass is 298 g/mol. The first-order chi connectivity index (χ1) is 10.4. The van der Waals surface area contributed by atoms with E-state index in [4.69, 9.17) is 0 Å². The molecule has 0 heterocycles. The van der Waals surface area contributed by atoms with E-state index in [1.807, 2.05) is 12.1 Å². The fourth-order valence-electron chi connectivity index (χ4n) is 1.85. The van der Waals surface area contributed by atoms with E-state index in [-0.39, 0.29) is 5.41 Å². The molecular formula is C18H18O4. The highest BCUT2D eigenvalue weighted by Crippen LogP contribution is 2.22. The van der Waals surface area contributed by atoms with E-state index >= 15 is 0 Å². The first-order valence-corrected chi connectivity index (χ1v) is 6.97. The van der Waals surface area contributed by atoms with Crippen LogP contribution in [-0.2, 0) is 15.2 Å². The van der Waals surface area contributed by atoms with Gasteiger partial charge in [-0.05, 0) is 35.2 Å². The Labute approximate surface area is 129 Å². The Morgan fingerprint density at radius 3 is 1.64 bits per heavy atom. The number of hydrogen-bond acceptors (Lipinski definition) is 4. The molecule has 0 N–H and O–H groups in total. The molecule has 0 aliphatic rings. The van der Waals surface area contributed by atoms with Crippen LogP contribution in [0.1, 0.15) is 47.1 Å². The largest absolute Gasteiger partial charge is 0.386 e. The molecule has 0 spiro atoms. The summed E-state index contributed by atoms with van der Waals surface area (Å²) in [5, 5.41) is 0. The van der Waals surface area contributed by atoms with Crippen molar-refractivity contribution in [1.29, 1.82) is 0 Å². The molecule has 2 aromatic carbocycles. The second-order valence-corrected chi connectivity index (χ2v) is 5.93. The van der Waals surface area contributed by atoms with E-state index < -0.39 is 11.9 Å². The van der Waals surface area contributed by atoms with E-state index in [2.05, 4.69) is 30.5 Å². The summed E-state index contributed by atoms with van der Waals surface area (Å²) in [6.45, 7) is 6.26. The van der Waals surface area contributed by atoms with Gasteiger partial charge in [-0.15, -0.1) is 0 Å². The normalized spacial score (nSPS) is 10.9. The summed E-state index contributed by atoms with van der Waals surface area (Å²) in [5.41, 5.74) is 1.75. The maximum absolute atomic E-state index is 11.8. The Morgan fingerprint density at radius 2 is 1.18 bits per heavy atom. The third-order valence-electron chi connectivity index (χ3n) is 3.19. The Balaban J connectivity index is 1.97. The fourth-order valence-corrected chi connectivity index (χ4v) is 1.85. The Hall–Kier alpha value is -2.62. The first kappa shape index (κ1) is 15.8. The molecule has 0 atom stereocenters. The van der Waals surface area contributed by atoms with Gasteiger partial charge in [0.2, 0.25) is 0 Å². The highest BCUT2D eigenvalue weighted by atomic mass is 17.2. The fraction of sp³-hybridized carbons (Fsp3) is 0.222. The van der Waals surface area contributed by atoms with Gasteiger partial charge in [0.25, 0.3) is 0 Å². The summed E-state index contributed by atoms with van der Waals surface area (Å²) in [6.07, 6.45) is 0. The SMILES string of the molecule is CC(C)(C)c1ccc(C(=O)OOC(=O)c2ccccc2)cc1. The molecule has 0 fully saturated rings. The number of benzene rings is 2. The van der Waals surface area contributed by atoms with Crippen LogP contribution < -0.4 is 0 Å². The van der Waals surface area contributed by atoms with Crippen molar-refractivity contribution in [3.05, 3.63) is 71.3 Å². The third kappa shape index (κ3) is 3.95. The van der Waals surface area contributed by atoms with Crippen LogP contribution in [0.5, 0.6) is 0 Å². The van der Waals surface area contributed by atoms with Gasteiger partial charge in [0.1, 0.15) is 0 Å². The molecule has 0 radical (unpaired) electrons. The minimum atomic E-state index is -0.708. The van der Waals surface area contributed by atoms with E-state index in [0.717, 1.165) is 5.56 Å². The molecule has 0 bridgehead atoms. The van der Waals surface area contributed by atoms with Gasteiger partial charge in [0.05, 0.1) is 11.1 Å². The maximum Gasteiger partial charge on any atom is 0.386 e. The highest BCUT2D eigenvalue weighted by molar-refractivity contribution is 5.92. The van der Waals surface area contributed by atoms with Crippen LogP contribution in [0.15, 0.2) is 54.6 Å². The molecule has 0 aliphatic heterocycles. The molecule has 0 saturated carbocycles. The van der Waals surface area contributed by atoms with E-state index in [0.29, 0.717) is 11.1 Å². The molecule has 22 heavy (non-hydrogen) atoms. The predicted molar refractivity (Wildman–Crippen MR) is 82.4 cm³/mol. The van der Waals surface area contributed by atoms with Gasteiger partial charge in [-0.1, -0.05) is 51.1 Å². The van der Waals surface area contributed by atoms with Crippen molar-refractivity contribution in [3.63, 3.8) is 0 Å². The maximum atomic E-state index is 11.8. The quantitative estimate of drug-likeness (QED) is 0.623. The van der Waals surface area contributed by atoms with Crippen molar-refractivity contribution in [3.8, 4) is 0 Å².